The van der Waals surface area contributed by atoms with Crippen molar-refractivity contribution < 1.29 is 29.5 Å². The number of rotatable bonds is 9. The Morgan fingerprint density at radius 3 is 1.17 bits per heavy atom. The van der Waals surface area contributed by atoms with Gasteiger partial charge in [0.15, 0.2) is 0 Å². The minimum Gasteiger partial charge on any atom is -0.481 e. The van der Waals surface area contributed by atoms with Crippen molar-refractivity contribution >= 4 is 11.9 Å². The molecule has 42 heavy (non-hydrogen) atoms. The van der Waals surface area contributed by atoms with Gasteiger partial charge in [0.1, 0.15) is 0 Å². The smallest absolute Gasteiger partial charge is 0.307 e. The Labute approximate surface area is 254 Å². The lowest BCUT2D eigenvalue weighted by Crippen LogP contribution is -2.68. The lowest BCUT2D eigenvalue weighted by Gasteiger charge is -2.60. The molecule has 2 saturated heterocycles. The zero-order valence-electron chi connectivity index (χ0n) is 27.8. The van der Waals surface area contributed by atoms with E-state index in [1.165, 1.54) is 12.8 Å². The third-order valence-electron chi connectivity index (χ3n) is 11.5. The first-order valence-electron chi connectivity index (χ1n) is 16.9. The summed E-state index contributed by atoms with van der Waals surface area (Å²) in [6.45, 7) is 17.0. The van der Waals surface area contributed by atoms with E-state index in [9.17, 15) is 19.8 Å². The predicted molar refractivity (Wildman–Crippen MR) is 164 cm³/mol. The van der Waals surface area contributed by atoms with Crippen LogP contribution in [0.15, 0.2) is 0 Å². The molecule has 0 radical (unpaired) electrons. The summed E-state index contributed by atoms with van der Waals surface area (Å²) in [5.74, 6) is -4.89. The lowest BCUT2D eigenvalue weighted by atomic mass is 9.59. The Morgan fingerprint density at radius 2 is 0.881 bits per heavy atom. The summed E-state index contributed by atoms with van der Waals surface area (Å²) in [5.41, 5.74) is -1.88. The van der Waals surface area contributed by atoms with Gasteiger partial charge in [0, 0.05) is 22.2 Å². The molecule has 4 rings (SSSR count). The van der Waals surface area contributed by atoms with Crippen LogP contribution in [-0.4, -0.2) is 66.6 Å². The summed E-state index contributed by atoms with van der Waals surface area (Å²) in [5, 5.41) is 25.9. The second-order valence-corrected chi connectivity index (χ2v) is 16.3. The average Bonchev–Trinajstić information content (AvgIpc) is 2.90. The first-order valence-corrected chi connectivity index (χ1v) is 16.9. The van der Waals surface area contributed by atoms with E-state index in [0.717, 1.165) is 64.2 Å². The number of carbonyl (C=O) groups is 2. The molecule has 2 N–H and O–H groups in total. The van der Waals surface area contributed by atoms with E-state index in [1.54, 1.807) is 0 Å². The number of nitrogens with zero attached hydrogens (tertiary/aromatic N) is 2. The maximum absolute atomic E-state index is 13.3. The molecular weight excluding hydrogens is 532 g/mol. The van der Waals surface area contributed by atoms with Crippen LogP contribution in [-0.2, 0) is 19.3 Å². The summed E-state index contributed by atoms with van der Waals surface area (Å²) in [6.07, 6.45) is 14.1. The van der Waals surface area contributed by atoms with Crippen molar-refractivity contribution in [3.63, 3.8) is 0 Å². The number of piperidine rings is 2. The van der Waals surface area contributed by atoms with E-state index < -0.39 is 34.9 Å². The van der Waals surface area contributed by atoms with Crippen molar-refractivity contribution in [2.24, 2.45) is 23.7 Å². The minimum absolute atomic E-state index is 0.125. The van der Waals surface area contributed by atoms with Gasteiger partial charge in [-0.25, -0.2) is 0 Å². The maximum Gasteiger partial charge on any atom is 0.307 e. The van der Waals surface area contributed by atoms with Gasteiger partial charge in [0.05, 0.1) is 24.0 Å². The van der Waals surface area contributed by atoms with Crippen LogP contribution in [0.1, 0.15) is 145 Å². The molecule has 0 aromatic carbocycles. The molecule has 8 nitrogen and oxygen atoms in total. The fraction of sp³-hybridized carbons (Fsp3) is 0.941. The highest BCUT2D eigenvalue weighted by Crippen LogP contribution is 2.53. The van der Waals surface area contributed by atoms with E-state index in [4.69, 9.17) is 9.68 Å². The van der Waals surface area contributed by atoms with Crippen molar-refractivity contribution in [1.82, 2.24) is 10.1 Å². The molecule has 2 aliphatic carbocycles. The van der Waals surface area contributed by atoms with Crippen molar-refractivity contribution in [1.29, 1.82) is 0 Å². The predicted octanol–water partition coefficient (Wildman–Crippen LogP) is 7.46. The van der Waals surface area contributed by atoms with Crippen molar-refractivity contribution in [2.45, 2.75) is 180 Å². The van der Waals surface area contributed by atoms with Crippen molar-refractivity contribution in [2.75, 3.05) is 0 Å². The van der Waals surface area contributed by atoms with Crippen LogP contribution in [0.2, 0.25) is 0 Å². The highest BCUT2D eigenvalue weighted by Gasteiger charge is 2.60. The van der Waals surface area contributed by atoms with Crippen LogP contribution in [0.5, 0.6) is 0 Å². The molecule has 0 amide bonds. The van der Waals surface area contributed by atoms with Gasteiger partial charge in [-0.2, -0.15) is 10.1 Å². The quantitative estimate of drug-likeness (QED) is 0.285. The highest BCUT2D eigenvalue weighted by atomic mass is 16.7. The average molecular weight is 593 g/mol. The SMILES string of the molecule is CC1(C)CCC(C(C(=O)O)C(C(=O)O)C2CCC(C)(C)N(OC3CCCCC3)C2(C)C)C(C)(C)N1OC1CCCCC1. The van der Waals surface area contributed by atoms with E-state index in [1.807, 2.05) is 0 Å². The molecule has 2 aliphatic heterocycles. The summed E-state index contributed by atoms with van der Waals surface area (Å²) in [6, 6.07) is 0. The molecule has 0 aromatic heterocycles. The van der Waals surface area contributed by atoms with Gasteiger partial charge in [0.25, 0.3) is 0 Å². The van der Waals surface area contributed by atoms with Gasteiger partial charge >= 0.3 is 11.9 Å². The highest BCUT2D eigenvalue weighted by molar-refractivity contribution is 5.81. The number of hydroxylamine groups is 4. The summed E-state index contributed by atoms with van der Waals surface area (Å²) < 4.78 is 0. The van der Waals surface area contributed by atoms with E-state index in [0.29, 0.717) is 12.8 Å². The van der Waals surface area contributed by atoms with Gasteiger partial charge in [-0.1, -0.05) is 38.5 Å². The molecule has 0 aromatic rings. The number of hydrogen-bond donors (Lipinski definition) is 2. The zero-order valence-corrected chi connectivity index (χ0v) is 27.8. The summed E-state index contributed by atoms with van der Waals surface area (Å²) in [4.78, 5) is 40.1. The number of carboxylic acids is 2. The molecule has 2 saturated carbocycles. The second-order valence-electron chi connectivity index (χ2n) is 16.3. The summed E-state index contributed by atoms with van der Waals surface area (Å²) in [7, 11) is 0. The van der Waals surface area contributed by atoms with Gasteiger partial charge < -0.3 is 10.2 Å². The van der Waals surface area contributed by atoms with Crippen LogP contribution in [0.3, 0.4) is 0 Å². The number of aliphatic carboxylic acids is 2. The van der Waals surface area contributed by atoms with Crippen molar-refractivity contribution in [3.8, 4) is 0 Å². The molecule has 0 bridgehead atoms. The fourth-order valence-corrected chi connectivity index (χ4v) is 9.37. The molecular formula is C34H60N2O6. The molecule has 2 heterocycles. The normalized spacial score (nSPS) is 32.2. The molecule has 4 unspecified atom stereocenters. The van der Waals surface area contributed by atoms with Crippen LogP contribution < -0.4 is 0 Å². The Hall–Kier alpha value is -1.22. The van der Waals surface area contributed by atoms with Gasteiger partial charge in [-0.15, -0.1) is 0 Å². The Balaban J connectivity index is 1.67. The Kier molecular flexibility index (Phi) is 10.1. The standard InChI is InChI=1S/C34H60N2O6/c1-31(2)21-19-25(33(5,6)35(31)41-23-15-11-9-12-16-23)27(29(37)38)28(30(39)40)26-20-22-32(3,4)36(34(26,7)8)42-24-17-13-10-14-18-24/h23-28H,9-22H2,1-8H3,(H,37,38)(H,39,40). The van der Waals surface area contributed by atoms with E-state index >= 15 is 0 Å². The maximum atomic E-state index is 13.3. The van der Waals surface area contributed by atoms with Crippen LogP contribution >= 0.6 is 0 Å². The van der Waals surface area contributed by atoms with Crippen LogP contribution in [0.25, 0.3) is 0 Å². The molecule has 0 spiro atoms. The molecule has 4 atom stereocenters. The first kappa shape index (κ1) is 33.7. The number of carboxylic acid groups (broad SMARTS) is 2. The van der Waals surface area contributed by atoms with Crippen molar-refractivity contribution in [3.05, 3.63) is 0 Å². The fourth-order valence-electron chi connectivity index (χ4n) is 9.37. The van der Waals surface area contributed by atoms with Gasteiger partial charge in [0.2, 0.25) is 0 Å². The first-order chi connectivity index (χ1) is 19.5. The molecule has 242 valence electrons. The Morgan fingerprint density at radius 1 is 0.571 bits per heavy atom. The summed E-state index contributed by atoms with van der Waals surface area (Å²) >= 11 is 0. The zero-order chi connectivity index (χ0) is 31.1. The largest absolute Gasteiger partial charge is 0.481 e. The van der Waals surface area contributed by atoms with Gasteiger partial charge in [-0.05, 0) is 119 Å². The van der Waals surface area contributed by atoms with Crippen LogP contribution in [0.4, 0.5) is 0 Å². The third-order valence-corrected chi connectivity index (χ3v) is 11.5. The van der Waals surface area contributed by atoms with E-state index in [2.05, 4.69) is 65.5 Å². The molecule has 4 fully saturated rings. The van der Waals surface area contributed by atoms with E-state index in [-0.39, 0.29) is 35.1 Å². The molecule has 8 heteroatoms. The second kappa shape index (κ2) is 12.6. The topological polar surface area (TPSA) is 99.5 Å². The number of hydrogen-bond acceptors (Lipinski definition) is 6. The third kappa shape index (κ3) is 6.72. The lowest BCUT2D eigenvalue weighted by molar-refractivity contribution is -0.331. The minimum atomic E-state index is -1.05. The van der Waals surface area contributed by atoms with Crippen LogP contribution in [0, 0.1) is 23.7 Å². The monoisotopic (exact) mass is 592 g/mol. The molecule has 4 aliphatic rings. The van der Waals surface area contributed by atoms with Gasteiger partial charge in [-0.3, -0.25) is 19.3 Å². The Bertz CT molecular complexity index is 874.